The topological polar surface area (TPSA) is 30.5 Å². The summed E-state index contributed by atoms with van der Waals surface area (Å²) in [6.45, 7) is 3.67. The van der Waals surface area contributed by atoms with Gasteiger partial charge < -0.3 is 14.8 Å². The van der Waals surface area contributed by atoms with Crippen LogP contribution in [0, 0.1) is 5.92 Å². The van der Waals surface area contributed by atoms with Crippen LogP contribution in [0.15, 0.2) is 28.7 Å². The first-order valence-electron chi connectivity index (χ1n) is 7.38. The zero-order valence-corrected chi connectivity index (χ0v) is 13.7. The Labute approximate surface area is 130 Å². The van der Waals surface area contributed by atoms with Crippen molar-refractivity contribution in [1.29, 1.82) is 0 Å². The molecule has 0 bridgehead atoms. The summed E-state index contributed by atoms with van der Waals surface area (Å²) >= 11 is 3.66. The standard InChI is InChI=1S/C16H24BrNO2/c1-19-10-5-11-20-16(13-6-4-9-18-12-13)14-7-2-3-8-15(14)17/h2-3,7-8,13,16,18H,4-6,9-12H2,1H3/t13-,16?/m1/s1. The molecule has 0 saturated carbocycles. The van der Waals surface area contributed by atoms with Gasteiger partial charge in [0.25, 0.3) is 0 Å². The lowest BCUT2D eigenvalue weighted by molar-refractivity contribution is -0.00543. The number of rotatable bonds is 7. The van der Waals surface area contributed by atoms with Crippen molar-refractivity contribution in [2.75, 3.05) is 33.4 Å². The van der Waals surface area contributed by atoms with E-state index in [9.17, 15) is 0 Å². The summed E-state index contributed by atoms with van der Waals surface area (Å²) in [6.07, 6.45) is 3.56. The number of methoxy groups -OCH3 is 1. The minimum atomic E-state index is 0.162. The number of nitrogens with one attached hydrogen (secondary N) is 1. The minimum Gasteiger partial charge on any atom is -0.385 e. The number of halogens is 1. The van der Waals surface area contributed by atoms with Gasteiger partial charge in [-0.05, 0) is 37.4 Å². The lowest BCUT2D eigenvalue weighted by atomic mass is 9.89. The number of hydrogen-bond acceptors (Lipinski definition) is 3. The molecule has 1 fully saturated rings. The number of ether oxygens (including phenoxy) is 2. The van der Waals surface area contributed by atoms with Crippen LogP contribution < -0.4 is 5.32 Å². The maximum atomic E-state index is 6.20. The second kappa shape index (κ2) is 8.78. The Kier molecular flexibility index (Phi) is 7.00. The third kappa shape index (κ3) is 4.55. The Hall–Kier alpha value is -0.420. The molecule has 0 radical (unpaired) electrons. The zero-order valence-electron chi connectivity index (χ0n) is 12.1. The first-order chi connectivity index (χ1) is 9.83. The van der Waals surface area contributed by atoms with Crippen LogP contribution in [0.4, 0.5) is 0 Å². The van der Waals surface area contributed by atoms with Gasteiger partial charge in [0.2, 0.25) is 0 Å². The van der Waals surface area contributed by atoms with Gasteiger partial charge in [-0.2, -0.15) is 0 Å². The van der Waals surface area contributed by atoms with Crippen molar-refractivity contribution < 1.29 is 9.47 Å². The molecule has 1 unspecified atom stereocenters. The van der Waals surface area contributed by atoms with Crippen LogP contribution in [0.5, 0.6) is 0 Å². The lowest BCUT2D eigenvalue weighted by Crippen LogP contribution is -2.34. The van der Waals surface area contributed by atoms with Crippen LogP contribution in [0.2, 0.25) is 0 Å². The van der Waals surface area contributed by atoms with Gasteiger partial charge in [-0.1, -0.05) is 34.1 Å². The molecule has 1 saturated heterocycles. The Morgan fingerprint density at radius 2 is 2.20 bits per heavy atom. The summed E-state index contributed by atoms with van der Waals surface area (Å²) < 4.78 is 12.4. The van der Waals surface area contributed by atoms with Crippen molar-refractivity contribution in [3.05, 3.63) is 34.3 Å². The first kappa shape index (κ1) is 16.0. The summed E-state index contributed by atoms with van der Waals surface area (Å²) in [7, 11) is 1.73. The predicted octanol–water partition coefficient (Wildman–Crippen LogP) is 3.54. The van der Waals surface area contributed by atoms with E-state index in [-0.39, 0.29) is 6.10 Å². The fourth-order valence-corrected chi connectivity index (χ4v) is 3.25. The molecule has 1 heterocycles. The molecular formula is C16H24BrNO2. The third-order valence-electron chi connectivity index (χ3n) is 3.77. The molecule has 2 atom stereocenters. The fraction of sp³-hybridized carbons (Fsp3) is 0.625. The molecule has 1 aromatic rings. The summed E-state index contributed by atoms with van der Waals surface area (Å²) in [5.41, 5.74) is 1.26. The van der Waals surface area contributed by atoms with Gasteiger partial charge >= 0.3 is 0 Å². The van der Waals surface area contributed by atoms with Crippen molar-refractivity contribution in [3.8, 4) is 0 Å². The SMILES string of the molecule is COCCCOC(c1ccccc1Br)[C@@H]1CCCNC1. The summed E-state index contributed by atoms with van der Waals surface area (Å²) in [4.78, 5) is 0. The van der Waals surface area contributed by atoms with E-state index in [2.05, 4.69) is 45.5 Å². The average molecular weight is 342 g/mol. The van der Waals surface area contributed by atoms with Crippen LogP contribution in [0.1, 0.15) is 30.9 Å². The van der Waals surface area contributed by atoms with Gasteiger partial charge in [0, 0.05) is 37.3 Å². The van der Waals surface area contributed by atoms with E-state index in [4.69, 9.17) is 9.47 Å². The van der Waals surface area contributed by atoms with E-state index in [1.54, 1.807) is 7.11 Å². The summed E-state index contributed by atoms with van der Waals surface area (Å²) in [5.74, 6) is 0.546. The van der Waals surface area contributed by atoms with Crippen molar-refractivity contribution >= 4 is 15.9 Å². The molecule has 112 valence electrons. The maximum absolute atomic E-state index is 6.20. The Balaban J connectivity index is 2.04. The van der Waals surface area contributed by atoms with E-state index in [0.29, 0.717) is 5.92 Å². The molecule has 1 N–H and O–H groups in total. The molecule has 1 aliphatic rings. The molecule has 1 aromatic carbocycles. The molecular weight excluding hydrogens is 318 g/mol. The van der Waals surface area contributed by atoms with Crippen LogP contribution in [0.25, 0.3) is 0 Å². The van der Waals surface area contributed by atoms with Crippen molar-refractivity contribution in [3.63, 3.8) is 0 Å². The molecule has 20 heavy (non-hydrogen) atoms. The van der Waals surface area contributed by atoms with Crippen molar-refractivity contribution in [2.24, 2.45) is 5.92 Å². The number of hydrogen-bond donors (Lipinski definition) is 1. The molecule has 0 spiro atoms. The second-order valence-corrected chi connectivity index (χ2v) is 6.12. The molecule has 0 aromatic heterocycles. The molecule has 1 aliphatic heterocycles. The third-order valence-corrected chi connectivity index (χ3v) is 4.49. The Morgan fingerprint density at radius 3 is 2.90 bits per heavy atom. The van der Waals surface area contributed by atoms with E-state index in [1.165, 1.54) is 18.4 Å². The first-order valence-corrected chi connectivity index (χ1v) is 8.18. The Morgan fingerprint density at radius 1 is 1.35 bits per heavy atom. The van der Waals surface area contributed by atoms with Gasteiger partial charge in [0.15, 0.2) is 0 Å². The molecule has 3 nitrogen and oxygen atoms in total. The molecule has 0 aliphatic carbocycles. The van der Waals surface area contributed by atoms with E-state index < -0.39 is 0 Å². The largest absolute Gasteiger partial charge is 0.385 e. The summed E-state index contributed by atoms with van der Waals surface area (Å²) in [5, 5.41) is 3.49. The Bertz CT molecular complexity index is 394. The second-order valence-electron chi connectivity index (χ2n) is 5.27. The van der Waals surface area contributed by atoms with Crippen molar-refractivity contribution in [2.45, 2.75) is 25.4 Å². The van der Waals surface area contributed by atoms with Gasteiger partial charge in [-0.15, -0.1) is 0 Å². The lowest BCUT2D eigenvalue weighted by Gasteiger charge is -2.31. The zero-order chi connectivity index (χ0) is 14.2. The van der Waals surface area contributed by atoms with Gasteiger partial charge in [0.1, 0.15) is 0 Å². The van der Waals surface area contributed by atoms with E-state index >= 15 is 0 Å². The highest BCUT2D eigenvalue weighted by Gasteiger charge is 2.26. The number of benzene rings is 1. The smallest absolute Gasteiger partial charge is 0.0876 e. The highest BCUT2D eigenvalue weighted by atomic mass is 79.9. The average Bonchev–Trinajstić information content (AvgIpc) is 2.49. The van der Waals surface area contributed by atoms with Crippen LogP contribution in [-0.2, 0) is 9.47 Å². The van der Waals surface area contributed by atoms with Crippen LogP contribution in [-0.4, -0.2) is 33.4 Å². The van der Waals surface area contributed by atoms with E-state index in [0.717, 1.165) is 37.2 Å². The van der Waals surface area contributed by atoms with Crippen molar-refractivity contribution in [1.82, 2.24) is 5.32 Å². The molecule has 0 amide bonds. The highest BCUT2D eigenvalue weighted by molar-refractivity contribution is 9.10. The maximum Gasteiger partial charge on any atom is 0.0876 e. The quantitative estimate of drug-likeness (QED) is 0.769. The molecule has 2 rings (SSSR count). The normalized spacial score (nSPS) is 20.8. The fourth-order valence-electron chi connectivity index (χ4n) is 2.74. The molecule has 4 heteroatoms. The van der Waals surface area contributed by atoms with Gasteiger partial charge in [-0.25, -0.2) is 0 Å². The monoisotopic (exact) mass is 341 g/mol. The highest BCUT2D eigenvalue weighted by Crippen LogP contribution is 2.34. The van der Waals surface area contributed by atoms with E-state index in [1.807, 2.05) is 0 Å². The van der Waals surface area contributed by atoms with Crippen LogP contribution in [0.3, 0.4) is 0 Å². The number of piperidine rings is 1. The van der Waals surface area contributed by atoms with Crippen LogP contribution >= 0.6 is 15.9 Å². The predicted molar refractivity (Wildman–Crippen MR) is 84.9 cm³/mol. The summed E-state index contributed by atoms with van der Waals surface area (Å²) in [6, 6.07) is 8.40. The minimum absolute atomic E-state index is 0.162. The van der Waals surface area contributed by atoms with Gasteiger partial charge in [-0.3, -0.25) is 0 Å². The van der Waals surface area contributed by atoms with Gasteiger partial charge in [0.05, 0.1) is 6.10 Å².